The summed E-state index contributed by atoms with van der Waals surface area (Å²) in [5.41, 5.74) is 1.90. The molecule has 7 heteroatoms. The van der Waals surface area contributed by atoms with Gasteiger partial charge in [-0.2, -0.15) is 0 Å². The predicted octanol–water partition coefficient (Wildman–Crippen LogP) is 5.87. The van der Waals surface area contributed by atoms with E-state index in [1.807, 2.05) is 61.5 Å². The highest BCUT2D eigenvalue weighted by molar-refractivity contribution is 6.31. The molecule has 1 saturated carbocycles. The van der Waals surface area contributed by atoms with Crippen molar-refractivity contribution in [2.45, 2.75) is 43.7 Å². The van der Waals surface area contributed by atoms with Crippen molar-refractivity contribution in [3.8, 4) is 0 Å². The Balaban J connectivity index is 1.34. The summed E-state index contributed by atoms with van der Waals surface area (Å²) < 4.78 is 13.8. The van der Waals surface area contributed by atoms with E-state index in [4.69, 9.17) is 11.6 Å². The van der Waals surface area contributed by atoms with E-state index in [1.165, 1.54) is 12.1 Å². The van der Waals surface area contributed by atoms with Crippen LogP contribution in [0.5, 0.6) is 0 Å². The Morgan fingerprint density at radius 3 is 2.17 bits per heavy atom. The quantitative estimate of drug-likeness (QED) is 0.346. The van der Waals surface area contributed by atoms with Gasteiger partial charge in [0.15, 0.2) is 0 Å². The molecular formula is C33H37ClFN3O2. The van der Waals surface area contributed by atoms with Gasteiger partial charge in [-0.3, -0.25) is 9.59 Å². The van der Waals surface area contributed by atoms with Gasteiger partial charge in [-0.1, -0.05) is 72.3 Å². The molecule has 0 aromatic heterocycles. The lowest BCUT2D eigenvalue weighted by atomic mass is 9.79. The number of halogens is 2. The van der Waals surface area contributed by atoms with Gasteiger partial charge in [0.05, 0.1) is 11.0 Å². The van der Waals surface area contributed by atoms with Crippen LogP contribution in [-0.4, -0.2) is 60.2 Å². The van der Waals surface area contributed by atoms with Crippen LogP contribution in [0.4, 0.5) is 4.39 Å². The van der Waals surface area contributed by atoms with Crippen molar-refractivity contribution < 1.29 is 14.0 Å². The second-order valence-corrected chi connectivity index (χ2v) is 11.8. The maximum absolute atomic E-state index is 14.1. The van der Waals surface area contributed by atoms with Crippen molar-refractivity contribution in [2.75, 3.05) is 33.7 Å². The van der Waals surface area contributed by atoms with Crippen molar-refractivity contribution in [1.82, 2.24) is 14.7 Å². The number of likely N-dealkylation sites (tertiary alicyclic amines) is 1. The van der Waals surface area contributed by atoms with Gasteiger partial charge in [0.2, 0.25) is 11.8 Å². The summed E-state index contributed by atoms with van der Waals surface area (Å²) in [5, 5.41) is 0.635. The Morgan fingerprint density at radius 1 is 0.925 bits per heavy atom. The number of carbonyl (C=O) groups is 2. The third-order valence-electron chi connectivity index (χ3n) is 9.15. The summed E-state index contributed by atoms with van der Waals surface area (Å²) in [7, 11) is 3.72. The van der Waals surface area contributed by atoms with E-state index >= 15 is 0 Å². The van der Waals surface area contributed by atoms with Crippen molar-refractivity contribution >= 4 is 23.4 Å². The van der Waals surface area contributed by atoms with Gasteiger partial charge < -0.3 is 14.7 Å². The van der Waals surface area contributed by atoms with Gasteiger partial charge >= 0.3 is 0 Å². The van der Waals surface area contributed by atoms with E-state index in [9.17, 15) is 14.0 Å². The summed E-state index contributed by atoms with van der Waals surface area (Å²) >= 11 is 6.39. The van der Waals surface area contributed by atoms with Gasteiger partial charge in [0.1, 0.15) is 5.82 Å². The number of rotatable bonds is 8. The van der Waals surface area contributed by atoms with E-state index in [-0.39, 0.29) is 29.1 Å². The monoisotopic (exact) mass is 561 g/mol. The molecule has 2 amide bonds. The lowest BCUT2D eigenvalue weighted by Gasteiger charge is -2.48. The molecule has 0 bridgehead atoms. The molecule has 1 heterocycles. The lowest BCUT2D eigenvalue weighted by molar-refractivity contribution is -0.136. The standard InChI is InChI=1S/C33H37ClFN3O2/c1-24(39)37(3)32(26-10-5-4-6-11-26)17-19-38(20-18-32)23-28-21-33(28,27-13-15-29(35)16-14-27)31(40)36(2)22-25-9-7-8-12-30(25)34/h4-16,28H,17-23H2,1-3H3. The van der Waals surface area contributed by atoms with Crippen LogP contribution in [0.1, 0.15) is 42.9 Å². The first-order valence-electron chi connectivity index (χ1n) is 13.9. The first-order chi connectivity index (χ1) is 19.2. The van der Waals surface area contributed by atoms with Crippen LogP contribution >= 0.6 is 11.6 Å². The molecule has 5 nitrogen and oxygen atoms in total. The molecule has 2 atom stereocenters. The van der Waals surface area contributed by atoms with Crippen molar-refractivity contribution in [1.29, 1.82) is 0 Å². The fraction of sp³-hybridized carbons (Fsp3) is 0.394. The molecule has 1 saturated heterocycles. The van der Waals surface area contributed by atoms with Crippen LogP contribution in [0.25, 0.3) is 0 Å². The van der Waals surface area contributed by atoms with Crippen LogP contribution in [-0.2, 0) is 27.1 Å². The number of piperidine rings is 1. The Kier molecular flexibility index (Phi) is 8.03. The number of hydrogen-bond acceptors (Lipinski definition) is 3. The van der Waals surface area contributed by atoms with E-state index in [2.05, 4.69) is 17.0 Å². The zero-order chi connectivity index (χ0) is 28.5. The smallest absolute Gasteiger partial charge is 0.233 e. The number of nitrogens with zero attached hydrogens (tertiary/aromatic N) is 3. The Labute approximate surface area is 241 Å². The molecule has 2 fully saturated rings. The summed E-state index contributed by atoms with van der Waals surface area (Å²) in [6.45, 7) is 4.47. The summed E-state index contributed by atoms with van der Waals surface area (Å²) in [4.78, 5) is 32.6. The molecule has 0 spiro atoms. The van der Waals surface area contributed by atoms with Crippen LogP contribution in [0.3, 0.4) is 0 Å². The second-order valence-electron chi connectivity index (χ2n) is 11.4. The van der Waals surface area contributed by atoms with Gasteiger partial charge in [0.25, 0.3) is 0 Å². The third-order valence-corrected chi connectivity index (χ3v) is 9.51. The molecule has 1 aliphatic carbocycles. The molecule has 210 valence electrons. The van der Waals surface area contributed by atoms with Crippen molar-refractivity contribution in [3.63, 3.8) is 0 Å². The largest absolute Gasteiger partial charge is 0.341 e. The molecule has 3 aromatic carbocycles. The van der Waals surface area contributed by atoms with Crippen LogP contribution in [0.2, 0.25) is 5.02 Å². The van der Waals surface area contributed by atoms with E-state index in [1.54, 1.807) is 24.0 Å². The average molecular weight is 562 g/mol. The fourth-order valence-corrected chi connectivity index (χ4v) is 6.81. The van der Waals surface area contributed by atoms with Crippen molar-refractivity contribution in [2.24, 2.45) is 5.92 Å². The highest BCUT2D eigenvalue weighted by Gasteiger charge is 2.62. The van der Waals surface area contributed by atoms with Crippen LogP contribution < -0.4 is 0 Å². The number of likely N-dealkylation sites (N-methyl/N-ethyl adjacent to an activating group) is 1. The minimum Gasteiger partial charge on any atom is -0.341 e. The molecular weight excluding hydrogens is 525 g/mol. The molecule has 2 unspecified atom stereocenters. The first-order valence-corrected chi connectivity index (χ1v) is 14.3. The van der Waals surface area contributed by atoms with E-state index in [0.29, 0.717) is 11.6 Å². The van der Waals surface area contributed by atoms with Gasteiger partial charge in [-0.25, -0.2) is 4.39 Å². The Morgan fingerprint density at radius 2 is 1.55 bits per heavy atom. The normalized spacial score (nSPS) is 22.0. The number of hydrogen-bond donors (Lipinski definition) is 0. The summed E-state index contributed by atoms with van der Waals surface area (Å²) in [5.74, 6) is -0.0947. The van der Waals surface area contributed by atoms with E-state index in [0.717, 1.165) is 55.6 Å². The van der Waals surface area contributed by atoms with Gasteiger partial charge in [-0.15, -0.1) is 0 Å². The van der Waals surface area contributed by atoms with Crippen LogP contribution in [0, 0.1) is 11.7 Å². The predicted molar refractivity (Wildman–Crippen MR) is 156 cm³/mol. The maximum atomic E-state index is 14.1. The SMILES string of the molecule is CC(=O)N(C)C1(c2ccccc2)CCN(CC2CC2(C(=O)N(C)Cc2ccccc2Cl)c2ccc(F)cc2)CC1. The zero-order valence-electron chi connectivity index (χ0n) is 23.4. The highest BCUT2D eigenvalue weighted by Crippen LogP contribution is 2.56. The van der Waals surface area contributed by atoms with E-state index < -0.39 is 5.41 Å². The highest BCUT2D eigenvalue weighted by atomic mass is 35.5. The molecule has 2 aliphatic rings. The van der Waals surface area contributed by atoms with Gasteiger partial charge in [0, 0.05) is 52.2 Å². The zero-order valence-corrected chi connectivity index (χ0v) is 24.2. The first kappa shape index (κ1) is 28.3. The second kappa shape index (κ2) is 11.3. The molecule has 0 N–H and O–H groups in total. The number of carbonyl (C=O) groups excluding carboxylic acids is 2. The fourth-order valence-electron chi connectivity index (χ4n) is 6.62. The number of amides is 2. The van der Waals surface area contributed by atoms with Crippen LogP contribution in [0.15, 0.2) is 78.9 Å². The van der Waals surface area contributed by atoms with Gasteiger partial charge in [-0.05, 0) is 60.1 Å². The Bertz CT molecular complexity index is 1360. The molecule has 5 rings (SSSR count). The topological polar surface area (TPSA) is 43.9 Å². The minimum absolute atomic E-state index is 0.0379. The number of benzene rings is 3. The molecule has 40 heavy (non-hydrogen) atoms. The Hall–Kier alpha value is -3.22. The molecule has 1 aliphatic heterocycles. The lowest BCUT2D eigenvalue weighted by Crippen LogP contribution is -2.53. The average Bonchev–Trinajstić information content (AvgIpc) is 3.69. The summed E-state index contributed by atoms with van der Waals surface area (Å²) in [6.07, 6.45) is 2.37. The molecule has 0 radical (unpaired) electrons. The minimum atomic E-state index is -0.687. The third kappa shape index (κ3) is 5.27. The maximum Gasteiger partial charge on any atom is 0.233 e. The summed E-state index contributed by atoms with van der Waals surface area (Å²) in [6, 6.07) is 24.3. The van der Waals surface area contributed by atoms with Crippen molar-refractivity contribution in [3.05, 3.63) is 106 Å². The molecule has 3 aromatic rings.